The number of carbonyl (C=O) groups excluding carboxylic acids is 1. The highest BCUT2D eigenvalue weighted by Gasteiger charge is 2.20. The van der Waals surface area contributed by atoms with E-state index in [1.807, 2.05) is 6.07 Å². The van der Waals surface area contributed by atoms with Crippen LogP contribution in [-0.4, -0.2) is 42.2 Å². The van der Waals surface area contributed by atoms with Gasteiger partial charge in [-0.2, -0.15) is 0 Å². The number of nitrogens with one attached hydrogen (secondary N) is 1. The van der Waals surface area contributed by atoms with Crippen molar-refractivity contribution in [3.8, 4) is 17.2 Å². The fourth-order valence-corrected chi connectivity index (χ4v) is 4.25. The fraction of sp³-hybridized carbons (Fsp3) is 0.208. The van der Waals surface area contributed by atoms with E-state index in [9.17, 15) is 13.2 Å². The Hall–Kier alpha value is -3.72. The molecule has 0 heterocycles. The number of anilines is 1. The van der Waals surface area contributed by atoms with Gasteiger partial charge < -0.3 is 19.5 Å². The molecule has 0 atom stereocenters. The molecule has 0 spiro atoms. The van der Waals surface area contributed by atoms with E-state index in [1.165, 1.54) is 11.4 Å². The summed E-state index contributed by atoms with van der Waals surface area (Å²) in [5.41, 5.74) is 1.33. The Labute approximate surface area is 193 Å². The zero-order valence-electron chi connectivity index (χ0n) is 18.6. The molecule has 3 rings (SSSR count). The molecule has 8 nitrogen and oxygen atoms in total. The summed E-state index contributed by atoms with van der Waals surface area (Å²) in [4.78, 5) is 12.4. The summed E-state index contributed by atoms with van der Waals surface area (Å²) in [5, 5.41) is 2.78. The number of sulfonamides is 1. The minimum Gasteiger partial charge on any atom is -0.493 e. The first-order valence-electron chi connectivity index (χ1n) is 10.1. The van der Waals surface area contributed by atoms with Gasteiger partial charge in [0.15, 0.2) is 18.1 Å². The van der Waals surface area contributed by atoms with Crippen molar-refractivity contribution in [3.63, 3.8) is 0 Å². The van der Waals surface area contributed by atoms with E-state index in [0.717, 1.165) is 5.56 Å². The van der Waals surface area contributed by atoms with Gasteiger partial charge in [-0.05, 0) is 54.1 Å². The summed E-state index contributed by atoms with van der Waals surface area (Å²) in [7, 11) is 0.932. The van der Waals surface area contributed by atoms with Crippen LogP contribution in [0.1, 0.15) is 5.56 Å². The van der Waals surface area contributed by atoms with E-state index in [-0.39, 0.29) is 17.4 Å². The Morgan fingerprint density at radius 3 is 2.21 bits per heavy atom. The zero-order valence-corrected chi connectivity index (χ0v) is 19.5. The first kappa shape index (κ1) is 23.9. The highest BCUT2D eigenvalue weighted by atomic mass is 32.2. The largest absolute Gasteiger partial charge is 0.493 e. The normalized spacial score (nSPS) is 10.9. The topological polar surface area (TPSA) is 94.2 Å². The van der Waals surface area contributed by atoms with Crippen LogP contribution in [0.3, 0.4) is 0 Å². The number of amides is 1. The number of ether oxygens (including phenoxy) is 3. The fourth-order valence-electron chi connectivity index (χ4n) is 3.03. The van der Waals surface area contributed by atoms with E-state index in [1.54, 1.807) is 80.9 Å². The second kappa shape index (κ2) is 10.7. The predicted molar refractivity (Wildman–Crippen MR) is 125 cm³/mol. The van der Waals surface area contributed by atoms with Crippen LogP contribution in [0.15, 0.2) is 77.7 Å². The quantitative estimate of drug-likeness (QED) is 0.489. The number of nitrogens with zero attached hydrogens (tertiary/aromatic N) is 1. The molecule has 0 saturated heterocycles. The molecule has 0 saturated carbocycles. The SMILES string of the molecule is COc1ccc(CNC(=O)COc2ccc(N(C)S(=O)(=O)c3ccccc3)cc2)cc1OC. The highest BCUT2D eigenvalue weighted by Crippen LogP contribution is 2.27. The van der Waals surface area contributed by atoms with E-state index < -0.39 is 10.0 Å². The Kier molecular flexibility index (Phi) is 7.78. The smallest absolute Gasteiger partial charge is 0.264 e. The number of hydrogen-bond acceptors (Lipinski definition) is 6. The van der Waals surface area contributed by atoms with Crippen molar-refractivity contribution in [2.24, 2.45) is 0 Å². The third-order valence-corrected chi connectivity index (χ3v) is 6.71. The molecule has 3 aromatic carbocycles. The molecular formula is C24H26N2O6S. The van der Waals surface area contributed by atoms with Crippen molar-refractivity contribution in [1.29, 1.82) is 0 Å². The average molecular weight is 471 g/mol. The van der Waals surface area contributed by atoms with Gasteiger partial charge in [-0.25, -0.2) is 8.42 Å². The van der Waals surface area contributed by atoms with Crippen LogP contribution in [0.5, 0.6) is 17.2 Å². The molecular weight excluding hydrogens is 444 g/mol. The maximum absolute atomic E-state index is 12.7. The van der Waals surface area contributed by atoms with Crippen LogP contribution >= 0.6 is 0 Å². The number of hydrogen-bond donors (Lipinski definition) is 1. The predicted octanol–water partition coefficient (Wildman–Crippen LogP) is 3.22. The van der Waals surface area contributed by atoms with Crippen LogP contribution in [-0.2, 0) is 21.4 Å². The van der Waals surface area contributed by atoms with Gasteiger partial charge in [-0.3, -0.25) is 9.10 Å². The second-order valence-electron chi connectivity index (χ2n) is 7.03. The summed E-state index contributed by atoms with van der Waals surface area (Å²) >= 11 is 0. The van der Waals surface area contributed by atoms with Crippen LogP contribution in [0, 0.1) is 0 Å². The third-order valence-electron chi connectivity index (χ3n) is 4.91. The molecule has 0 bridgehead atoms. The maximum atomic E-state index is 12.7. The molecule has 0 fully saturated rings. The number of benzene rings is 3. The number of carbonyl (C=O) groups is 1. The number of methoxy groups -OCH3 is 2. The monoisotopic (exact) mass is 470 g/mol. The lowest BCUT2D eigenvalue weighted by Crippen LogP contribution is -2.28. The summed E-state index contributed by atoms with van der Waals surface area (Å²) in [6.45, 7) is 0.133. The van der Waals surface area contributed by atoms with Gasteiger partial charge in [0, 0.05) is 13.6 Å². The average Bonchev–Trinajstić information content (AvgIpc) is 2.86. The summed E-state index contributed by atoms with van der Waals surface area (Å²) < 4.78 is 42.6. The van der Waals surface area contributed by atoms with E-state index in [4.69, 9.17) is 14.2 Å². The number of rotatable bonds is 10. The molecule has 1 N–H and O–H groups in total. The third kappa shape index (κ3) is 5.95. The van der Waals surface area contributed by atoms with Gasteiger partial charge in [-0.15, -0.1) is 0 Å². The standard InChI is InChI=1S/C24H26N2O6S/c1-26(33(28,29)21-7-5-4-6-8-21)19-10-12-20(13-11-19)32-17-24(27)25-16-18-9-14-22(30-2)23(15-18)31-3/h4-15H,16-17H2,1-3H3,(H,25,27). The molecule has 1 amide bonds. The molecule has 33 heavy (non-hydrogen) atoms. The first-order chi connectivity index (χ1) is 15.8. The first-order valence-corrected chi connectivity index (χ1v) is 11.5. The molecule has 0 aliphatic carbocycles. The van der Waals surface area contributed by atoms with Crippen LogP contribution < -0.4 is 23.8 Å². The minimum atomic E-state index is -3.66. The molecule has 174 valence electrons. The molecule has 0 aliphatic heterocycles. The van der Waals surface area contributed by atoms with Crippen molar-refractivity contribution < 1.29 is 27.4 Å². The van der Waals surface area contributed by atoms with Crippen molar-refractivity contribution in [1.82, 2.24) is 5.32 Å². The molecule has 0 aromatic heterocycles. The van der Waals surface area contributed by atoms with Crippen molar-refractivity contribution in [2.75, 3.05) is 32.2 Å². The summed E-state index contributed by atoms with van der Waals surface area (Å²) in [6, 6.07) is 20.1. The van der Waals surface area contributed by atoms with Crippen molar-refractivity contribution in [2.45, 2.75) is 11.4 Å². The molecule has 3 aromatic rings. The molecule has 0 radical (unpaired) electrons. The van der Waals surface area contributed by atoms with Crippen molar-refractivity contribution >= 4 is 21.6 Å². The van der Waals surface area contributed by atoms with Gasteiger partial charge in [0.05, 0.1) is 24.8 Å². The Balaban J connectivity index is 1.53. The molecule has 0 unspecified atom stereocenters. The van der Waals surface area contributed by atoms with Crippen LogP contribution in [0.2, 0.25) is 0 Å². The van der Waals surface area contributed by atoms with E-state index in [2.05, 4.69) is 5.32 Å². The van der Waals surface area contributed by atoms with Gasteiger partial charge in [0.2, 0.25) is 0 Å². The van der Waals surface area contributed by atoms with Crippen molar-refractivity contribution in [3.05, 3.63) is 78.4 Å². The van der Waals surface area contributed by atoms with Gasteiger partial charge >= 0.3 is 0 Å². The van der Waals surface area contributed by atoms with Crippen LogP contribution in [0.4, 0.5) is 5.69 Å². The van der Waals surface area contributed by atoms with Crippen LogP contribution in [0.25, 0.3) is 0 Å². The van der Waals surface area contributed by atoms with E-state index in [0.29, 0.717) is 29.5 Å². The molecule has 0 aliphatic rings. The maximum Gasteiger partial charge on any atom is 0.264 e. The lowest BCUT2D eigenvalue weighted by molar-refractivity contribution is -0.123. The highest BCUT2D eigenvalue weighted by molar-refractivity contribution is 7.92. The van der Waals surface area contributed by atoms with Gasteiger partial charge in [0.25, 0.3) is 15.9 Å². The van der Waals surface area contributed by atoms with Gasteiger partial charge in [-0.1, -0.05) is 24.3 Å². The second-order valence-corrected chi connectivity index (χ2v) is 9.00. The molecule has 9 heteroatoms. The zero-order chi connectivity index (χ0) is 23.8. The van der Waals surface area contributed by atoms with Gasteiger partial charge in [0.1, 0.15) is 5.75 Å². The lowest BCUT2D eigenvalue weighted by Gasteiger charge is -2.19. The summed E-state index contributed by atoms with van der Waals surface area (Å²) in [5.74, 6) is 1.35. The lowest BCUT2D eigenvalue weighted by atomic mass is 10.2. The minimum absolute atomic E-state index is 0.176. The Morgan fingerprint density at radius 1 is 0.909 bits per heavy atom. The van der Waals surface area contributed by atoms with E-state index >= 15 is 0 Å². The Bertz CT molecular complexity index is 1180. The summed E-state index contributed by atoms with van der Waals surface area (Å²) in [6.07, 6.45) is 0. The Morgan fingerprint density at radius 2 is 1.58 bits per heavy atom.